The van der Waals surface area contributed by atoms with Gasteiger partial charge in [0.25, 0.3) is 5.91 Å². The molecule has 0 radical (unpaired) electrons. The summed E-state index contributed by atoms with van der Waals surface area (Å²) >= 11 is 0. The molecule has 2 amide bonds. The molecule has 1 aliphatic heterocycles. The summed E-state index contributed by atoms with van der Waals surface area (Å²) in [5.74, 6) is 0.573. The fraction of sp³-hybridized carbons (Fsp3) is 0.467. The van der Waals surface area contributed by atoms with Crippen molar-refractivity contribution >= 4 is 24.2 Å². The van der Waals surface area contributed by atoms with Crippen molar-refractivity contribution in [1.29, 1.82) is 0 Å². The van der Waals surface area contributed by atoms with Crippen LogP contribution in [0.15, 0.2) is 24.3 Å². The molecule has 1 saturated heterocycles. The Morgan fingerprint density at radius 1 is 1.32 bits per heavy atom. The summed E-state index contributed by atoms with van der Waals surface area (Å²) in [4.78, 5) is 22.6. The molecular formula is C15H22ClN3O3. The van der Waals surface area contributed by atoms with Crippen molar-refractivity contribution in [2.24, 2.45) is 11.7 Å². The van der Waals surface area contributed by atoms with Gasteiger partial charge in [-0.05, 0) is 56.1 Å². The molecule has 1 aliphatic rings. The van der Waals surface area contributed by atoms with Gasteiger partial charge in [0.05, 0.1) is 0 Å². The Hall–Kier alpha value is -1.79. The first-order chi connectivity index (χ1) is 10.1. The van der Waals surface area contributed by atoms with E-state index in [4.69, 9.17) is 10.5 Å². The van der Waals surface area contributed by atoms with E-state index < -0.39 is 5.91 Å². The molecule has 0 bridgehead atoms. The van der Waals surface area contributed by atoms with Crippen molar-refractivity contribution in [3.63, 3.8) is 0 Å². The molecule has 22 heavy (non-hydrogen) atoms. The van der Waals surface area contributed by atoms with Crippen LogP contribution in [0.25, 0.3) is 0 Å². The van der Waals surface area contributed by atoms with E-state index in [2.05, 4.69) is 10.6 Å². The Morgan fingerprint density at radius 3 is 2.64 bits per heavy atom. The van der Waals surface area contributed by atoms with Gasteiger partial charge in [0, 0.05) is 12.1 Å². The number of carbonyl (C=O) groups excluding carboxylic acids is 2. The maximum Gasteiger partial charge on any atom is 0.257 e. The van der Waals surface area contributed by atoms with Crippen LogP contribution in [0.2, 0.25) is 0 Å². The molecule has 4 N–H and O–H groups in total. The van der Waals surface area contributed by atoms with E-state index in [9.17, 15) is 9.59 Å². The van der Waals surface area contributed by atoms with Gasteiger partial charge in [-0.3, -0.25) is 9.59 Å². The highest BCUT2D eigenvalue weighted by atomic mass is 35.5. The second-order valence-corrected chi connectivity index (χ2v) is 5.17. The smallest absolute Gasteiger partial charge is 0.257 e. The van der Waals surface area contributed by atoms with Gasteiger partial charge in [0.15, 0.2) is 6.61 Å². The van der Waals surface area contributed by atoms with Gasteiger partial charge in [-0.1, -0.05) is 0 Å². The number of nitrogens with one attached hydrogen (secondary N) is 2. The van der Waals surface area contributed by atoms with E-state index in [-0.39, 0.29) is 24.9 Å². The molecule has 1 atom stereocenters. The minimum Gasteiger partial charge on any atom is -0.484 e. The minimum atomic E-state index is -0.485. The van der Waals surface area contributed by atoms with Crippen molar-refractivity contribution < 1.29 is 14.3 Å². The zero-order chi connectivity index (χ0) is 15.1. The molecule has 2 rings (SSSR count). The lowest BCUT2D eigenvalue weighted by molar-refractivity contribution is -0.123. The molecule has 0 spiro atoms. The average Bonchev–Trinajstić information content (AvgIpc) is 2.99. The molecule has 1 aromatic carbocycles. The summed E-state index contributed by atoms with van der Waals surface area (Å²) in [5.41, 5.74) is 5.56. The van der Waals surface area contributed by atoms with Crippen molar-refractivity contribution in [2.75, 3.05) is 26.2 Å². The number of hydrogen-bond acceptors (Lipinski definition) is 4. The molecule has 1 heterocycles. The van der Waals surface area contributed by atoms with Crippen LogP contribution in [0.3, 0.4) is 0 Å². The fourth-order valence-corrected chi connectivity index (χ4v) is 2.29. The van der Waals surface area contributed by atoms with Gasteiger partial charge in [0.2, 0.25) is 5.91 Å². The van der Waals surface area contributed by atoms with Gasteiger partial charge in [-0.15, -0.1) is 12.4 Å². The molecule has 1 unspecified atom stereocenters. The topological polar surface area (TPSA) is 93.5 Å². The number of carbonyl (C=O) groups is 2. The predicted octanol–water partition coefficient (Wildman–Crippen LogP) is 0.702. The largest absolute Gasteiger partial charge is 0.484 e. The quantitative estimate of drug-likeness (QED) is 0.687. The number of benzene rings is 1. The summed E-state index contributed by atoms with van der Waals surface area (Å²) in [6.07, 6.45) is 2.17. The van der Waals surface area contributed by atoms with Gasteiger partial charge in [-0.2, -0.15) is 0 Å². The molecule has 0 saturated carbocycles. The lowest BCUT2D eigenvalue weighted by atomic mass is 10.1. The van der Waals surface area contributed by atoms with Crippen LogP contribution in [-0.4, -0.2) is 38.1 Å². The third kappa shape index (κ3) is 5.91. The first-order valence-corrected chi connectivity index (χ1v) is 7.15. The van der Waals surface area contributed by atoms with E-state index >= 15 is 0 Å². The van der Waals surface area contributed by atoms with Crippen LogP contribution in [-0.2, 0) is 4.79 Å². The third-order valence-corrected chi connectivity index (χ3v) is 3.55. The van der Waals surface area contributed by atoms with E-state index in [1.54, 1.807) is 24.3 Å². The Morgan fingerprint density at radius 2 is 2.05 bits per heavy atom. The van der Waals surface area contributed by atoms with Crippen LogP contribution in [0.5, 0.6) is 5.75 Å². The summed E-state index contributed by atoms with van der Waals surface area (Å²) in [5, 5.41) is 6.14. The van der Waals surface area contributed by atoms with Crippen LogP contribution < -0.4 is 21.1 Å². The highest BCUT2D eigenvalue weighted by molar-refractivity contribution is 5.92. The van der Waals surface area contributed by atoms with E-state index in [0.717, 1.165) is 19.5 Å². The maximum absolute atomic E-state index is 11.6. The average molecular weight is 328 g/mol. The summed E-state index contributed by atoms with van der Waals surface area (Å²) in [6.45, 7) is 2.76. The number of halogens is 1. The van der Waals surface area contributed by atoms with Crippen molar-refractivity contribution in [3.05, 3.63) is 29.8 Å². The predicted molar refractivity (Wildman–Crippen MR) is 86.3 cm³/mol. The normalized spacial score (nSPS) is 16.6. The highest BCUT2D eigenvalue weighted by Crippen LogP contribution is 2.12. The minimum absolute atomic E-state index is 0. The molecule has 0 aromatic heterocycles. The molecule has 1 fully saturated rings. The zero-order valence-electron chi connectivity index (χ0n) is 12.3. The number of rotatable bonds is 7. The van der Waals surface area contributed by atoms with E-state index in [0.29, 0.717) is 23.8 Å². The number of hydrogen-bond donors (Lipinski definition) is 3. The second-order valence-electron chi connectivity index (χ2n) is 5.17. The fourth-order valence-electron chi connectivity index (χ4n) is 2.29. The van der Waals surface area contributed by atoms with Gasteiger partial charge < -0.3 is 21.1 Å². The van der Waals surface area contributed by atoms with E-state index in [1.165, 1.54) is 6.42 Å². The van der Waals surface area contributed by atoms with Crippen LogP contribution in [0.4, 0.5) is 0 Å². The Kier molecular flexibility index (Phi) is 7.70. The first kappa shape index (κ1) is 18.3. The van der Waals surface area contributed by atoms with Gasteiger partial charge in [0.1, 0.15) is 5.75 Å². The Bertz CT molecular complexity index is 487. The number of primary amides is 1. The maximum atomic E-state index is 11.6. The van der Waals surface area contributed by atoms with Crippen molar-refractivity contribution in [3.8, 4) is 5.75 Å². The first-order valence-electron chi connectivity index (χ1n) is 7.15. The zero-order valence-corrected chi connectivity index (χ0v) is 13.2. The number of amides is 2. The Labute approximate surface area is 136 Å². The van der Waals surface area contributed by atoms with Crippen molar-refractivity contribution in [2.45, 2.75) is 12.8 Å². The summed E-state index contributed by atoms with van der Waals surface area (Å²) in [6, 6.07) is 6.39. The monoisotopic (exact) mass is 327 g/mol. The SMILES string of the molecule is Cl.NC(=O)c1ccc(OCC(=O)NCCC2CCNC2)cc1. The molecule has 6 nitrogen and oxygen atoms in total. The molecule has 122 valence electrons. The van der Waals surface area contributed by atoms with Gasteiger partial charge >= 0.3 is 0 Å². The summed E-state index contributed by atoms with van der Waals surface area (Å²) < 4.78 is 5.35. The highest BCUT2D eigenvalue weighted by Gasteiger charge is 2.14. The Balaban J connectivity index is 0.00000242. The standard InChI is InChI=1S/C15H21N3O3.ClH/c16-15(20)12-1-3-13(4-2-12)21-10-14(19)18-8-6-11-5-7-17-9-11;/h1-4,11,17H,5-10H2,(H2,16,20)(H,18,19);1H. The molecule has 0 aliphatic carbocycles. The van der Waals surface area contributed by atoms with Crippen LogP contribution >= 0.6 is 12.4 Å². The van der Waals surface area contributed by atoms with Crippen LogP contribution in [0.1, 0.15) is 23.2 Å². The van der Waals surface area contributed by atoms with E-state index in [1.807, 2.05) is 0 Å². The van der Waals surface area contributed by atoms with Crippen molar-refractivity contribution in [1.82, 2.24) is 10.6 Å². The third-order valence-electron chi connectivity index (χ3n) is 3.55. The van der Waals surface area contributed by atoms with Crippen LogP contribution in [0, 0.1) is 5.92 Å². The summed E-state index contributed by atoms with van der Waals surface area (Å²) in [7, 11) is 0. The molecule has 7 heteroatoms. The lowest BCUT2D eigenvalue weighted by Gasteiger charge is -2.10. The number of ether oxygens (including phenoxy) is 1. The molecular weight excluding hydrogens is 306 g/mol. The van der Waals surface area contributed by atoms with Gasteiger partial charge in [-0.25, -0.2) is 0 Å². The lowest BCUT2D eigenvalue weighted by Crippen LogP contribution is -2.30. The molecule has 1 aromatic rings. The number of nitrogens with two attached hydrogens (primary N) is 1. The second kappa shape index (κ2) is 9.27.